The first-order valence-corrected chi connectivity index (χ1v) is 7.84. The summed E-state index contributed by atoms with van der Waals surface area (Å²) in [7, 11) is 0. The lowest BCUT2D eigenvalue weighted by molar-refractivity contribution is -0.146. The molecule has 1 amide bonds. The van der Waals surface area contributed by atoms with Crippen molar-refractivity contribution < 1.29 is 14.7 Å². The van der Waals surface area contributed by atoms with Gasteiger partial charge in [0.2, 0.25) is 5.91 Å². The molecule has 0 aliphatic carbocycles. The molecule has 3 rings (SSSR count). The minimum Gasteiger partial charge on any atom is -0.479 e. The molecule has 0 saturated carbocycles. The molecule has 0 spiro atoms. The first kappa shape index (κ1) is 14.6. The molecule has 2 aromatic heterocycles. The summed E-state index contributed by atoms with van der Waals surface area (Å²) in [5, 5.41) is 15.9. The van der Waals surface area contributed by atoms with Gasteiger partial charge in [-0.2, -0.15) is 11.8 Å². The van der Waals surface area contributed by atoms with Gasteiger partial charge in [-0.15, -0.1) is 5.10 Å². The molecule has 9 heteroatoms. The second-order valence-corrected chi connectivity index (χ2v) is 6.21. The first-order valence-electron chi connectivity index (χ1n) is 6.68. The smallest absolute Gasteiger partial charge is 0.350 e. The van der Waals surface area contributed by atoms with Crippen molar-refractivity contribution in [1.82, 2.24) is 19.5 Å². The molecule has 1 fully saturated rings. The molecule has 22 heavy (non-hydrogen) atoms. The van der Waals surface area contributed by atoms with Crippen molar-refractivity contribution in [2.75, 3.05) is 11.5 Å². The van der Waals surface area contributed by atoms with Crippen LogP contribution in [0.2, 0.25) is 0 Å². The number of nitrogens with one attached hydrogen (secondary N) is 1. The van der Waals surface area contributed by atoms with Crippen LogP contribution in [0.25, 0.3) is 5.65 Å². The number of hydrogen-bond acceptors (Lipinski definition) is 5. The van der Waals surface area contributed by atoms with Crippen molar-refractivity contribution >= 4 is 29.3 Å². The number of thioether (sulfide) groups is 1. The molecule has 1 aliphatic rings. The molecular weight excluding hydrogens is 308 g/mol. The third kappa shape index (κ3) is 2.47. The standard InChI is InChI=1S/C13H14N4O4S/c18-10(14-13(11(19)20)4-6-22-8-13)7-17-12(21)16-5-2-1-3-9(16)15-17/h1-3,5H,4,6-8H2,(H,14,18)(H,19,20)/t13-/m1/s1. The summed E-state index contributed by atoms with van der Waals surface area (Å²) < 4.78 is 2.36. The van der Waals surface area contributed by atoms with E-state index in [0.717, 1.165) is 4.68 Å². The minimum absolute atomic E-state index is 0.305. The third-order valence-electron chi connectivity index (χ3n) is 3.59. The number of hydrogen-bond donors (Lipinski definition) is 2. The largest absolute Gasteiger partial charge is 0.479 e. The number of pyridine rings is 1. The van der Waals surface area contributed by atoms with Gasteiger partial charge in [0, 0.05) is 11.9 Å². The van der Waals surface area contributed by atoms with Crippen LogP contribution in [0.4, 0.5) is 0 Å². The van der Waals surface area contributed by atoms with Crippen LogP contribution in [0.3, 0.4) is 0 Å². The Morgan fingerprint density at radius 2 is 2.27 bits per heavy atom. The molecule has 1 atom stereocenters. The van der Waals surface area contributed by atoms with Crippen molar-refractivity contribution in [3.63, 3.8) is 0 Å². The Morgan fingerprint density at radius 1 is 1.45 bits per heavy atom. The molecule has 0 radical (unpaired) electrons. The Morgan fingerprint density at radius 3 is 2.91 bits per heavy atom. The van der Waals surface area contributed by atoms with Gasteiger partial charge in [-0.05, 0) is 24.3 Å². The van der Waals surface area contributed by atoms with Crippen molar-refractivity contribution in [3.8, 4) is 0 Å². The van der Waals surface area contributed by atoms with Gasteiger partial charge in [-0.1, -0.05) is 6.07 Å². The predicted octanol–water partition coefficient (Wildman–Crippen LogP) is -0.427. The second kappa shape index (κ2) is 5.48. The van der Waals surface area contributed by atoms with Gasteiger partial charge in [0.25, 0.3) is 0 Å². The number of carbonyl (C=O) groups excluding carboxylic acids is 1. The van der Waals surface area contributed by atoms with Gasteiger partial charge in [0.15, 0.2) is 5.65 Å². The van der Waals surface area contributed by atoms with E-state index < -0.39 is 23.1 Å². The van der Waals surface area contributed by atoms with E-state index in [2.05, 4.69) is 10.4 Å². The Balaban J connectivity index is 1.80. The number of aromatic nitrogens is 3. The number of carboxylic acids is 1. The number of nitrogens with zero attached hydrogens (tertiary/aromatic N) is 3. The maximum Gasteiger partial charge on any atom is 0.350 e. The fourth-order valence-electron chi connectivity index (χ4n) is 2.40. The van der Waals surface area contributed by atoms with Crippen LogP contribution in [-0.2, 0) is 16.1 Å². The molecule has 3 heterocycles. The fourth-order valence-corrected chi connectivity index (χ4v) is 3.72. The minimum atomic E-state index is -1.25. The van der Waals surface area contributed by atoms with Crippen LogP contribution in [-0.4, -0.2) is 48.2 Å². The second-order valence-electron chi connectivity index (χ2n) is 5.11. The van der Waals surface area contributed by atoms with Crippen LogP contribution in [0, 0.1) is 0 Å². The van der Waals surface area contributed by atoms with Crippen molar-refractivity contribution in [1.29, 1.82) is 0 Å². The number of rotatable bonds is 4. The van der Waals surface area contributed by atoms with Crippen molar-refractivity contribution in [2.24, 2.45) is 0 Å². The van der Waals surface area contributed by atoms with Crippen molar-refractivity contribution in [3.05, 3.63) is 34.9 Å². The maximum absolute atomic E-state index is 12.1. The molecule has 0 unspecified atom stereocenters. The normalized spacial score (nSPS) is 21.1. The highest BCUT2D eigenvalue weighted by molar-refractivity contribution is 7.99. The Kier molecular flexibility index (Phi) is 3.65. The van der Waals surface area contributed by atoms with Crippen LogP contribution in [0.1, 0.15) is 6.42 Å². The summed E-state index contributed by atoms with van der Waals surface area (Å²) >= 11 is 1.48. The predicted molar refractivity (Wildman–Crippen MR) is 79.9 cm³/mol. The average molecular weight is 322 g/mol. The van der Waals surface area contributed by atoms with E-state index in [4.69, 9.17) is 0 Å². The topological polar surface area (TPSA) is 106 Å². The zero-order chi connectivity index (χ0) is 15.7. The highest BCUT2D eigenvalue weighted by Gasteiger charge is 2.43. The van der Waals surface area contributed by atoms with Crippen LogP contribution in [0.5, 0.6) is 0 Å². The van der Waals surface area contributed by atoms with E-state index in [1.165, 1.54) is 16.2 Å². The number of carbonyl (C=O) groups is 2. The van der Waals surface area contributed by atoms with E-state index in [1.807, 2.05) is 0 Å². The monoisotopic (exact) mass is 322 g/mol. The van der Waals surface area contributed by atoms with Crippen molar-refractivity contribution in [2.45, 2.75) is 18.5 Å². The molecule has 1 saturated heterocycles. The van der Waals surface area contributed by atoms with Crippen LogP contribution < -0.4 is 11.0 Å². The lowest BCUT2D eigenvalue weighted by Crippen LogP contribution is -2.55. The molecule has 0 aromatic carbocycles. The quantitative estimate of drug-likeness (QED) is 0.791. The van der Waals surface area contributed by atoms with Crippen LogP contribution >= 0.6 is 11.8 Å². The maximum atomic E-state index is 12.1. The van der Waals surface area contributed by atoms with Gasteiger partial charge in [-0.3, -0.25) is 9.20 Å². The summed E-state index contributed by atoms with van der Waals surface area (Å²) in [6.45, 7) is -0.305. The van der Waals surface area contributed by atoms with E-state index in [9.17, 15) is 19.5 Å². The summed E-state index contributed by atoms with van der Waals surface area (Å²) in [5.74, 6) is -0.571. The molecule has 116 valence electrons. The van der Waals surface area contributed by atoms with Gasteiger partial charge in [-0.25, -0.2) is 14.3 Å². The molecule has 0 bridgehead atoms. The highest BCUT2D eigenvalue weighted by atomic mass is 32.2. The zero-order valence-corrected chi connectivity index (χ0v) is 12.4. The lowest BCUT2D eigenvalue weighted by Gasteiger charge is -2.24. The summed E-state index contributed by atoms with van der Waals surface area (Å²) in [6, 6.07) is 5.08. The lowest BCUT2D eigenvalue weighted by atomic mass is 9.99. The average Bonchev–Trinajstić information content (AvgIpc) is 3.06. The number of fused-ring (bicyclic) bond motifs is 1. The van der Waals surface area contributed by atoms with E-state index in [-0.39, 0.29) is 6.54 Å². The molecule has 8 nitrogen and oxygen atoms in total. The molecule has 1 aliphatic heterocycles. The molecule has 2 aromatic rings. The number of carboxylic acid groups (broad SMARTS) is 1. The number of amides is 1. The summed E-state index contributed by atoms with van der Waals surface area (Å²) in [6.07, 6.45) is 1.93. The molecule has 2 N–H and O–H groups in total. The Labute approximate surface area is 129 Å². The van der Waals surface area contributed by atoms with Gasteiger partial charge in [0.05, 0.1) is 0 Å². The third-order valence-corrected chi connectivity index (χ3v) is 4.78. The Hall–Kier alpha value is -2.29. The summed E-state index contributed by atoms with van der Waals surface area (Å²) in [5.41, 5.74) is -1.24. The summed E-state index contributed by atoms with van der Waals surface area (Å²) in [4.78, 5) is 35.6. The van der Waals surface area contributed by atoms with E-state index in [1.54, 1.807) is 24.4 Å². The van der Waals surface area contributed by atoms with Gasteiger partial charge < -0.3 is 10.4 Å². The fraction of sp³-hybridized carbons (Fsp3) is 0.385. The van der Waals surface area contributed by atoms with Gasteiger partial charge in [0.1, 0.15) is 12.1 Å². The highest BCUT2D eigenvalue weighted by Crippen LogP contribution is 2.28. The van der Waals surface area contributed by atoms with E-state index in [0.29, 0.717) is 23.6 Å². The molecular formula is C13H14N4O4S. The number of aliphatic carboxylic acids is 1. The Bertz CT molecular complexity index is 791. The SMILES string of the molecule is O=C(Cn1nc2ccccn2c1=O)N[C@]1(C(=O)O)CCSC1. The first-order chi connectivity index (χ1) is 10.5. The van der Waals surface area contributed by atoms with Crippen LogP contribution in [0.15, 0.2) is 29.2 Å². The van der Waals surface area contributed by atoms with E-state index >= 15 is 0 Å². The zero-order valence-electron chi connectivity index (χ0n) is 11.6. The van der Waals surface area contributed by atoms with Gasteiger partial charge >= 0.3 is 11.7 Å².